The van der Waals surface area contributed by atoms with Gasteiger partial charge in [-0.15, -0.1) is 10.2 Å². The molecule has 0 aromatic carbocycles. The van der Waals surface area contributed by atoms with Gasteiger partial charge in [-0.25, -0.2) is 8.78 Å². The van der Waals surface area contributed by atoms with E-state index < -0.39 is 37.2 Å². The molecule has 0 radical (unpaired) electrons. The van der Waals surface area contributed by atoms with Crippen LogP contribution in [-0.2, 0) is 6.54 Å². The first-order valence-corrected chi connectivity index (χ1v) is 9.48. The van der Waals surface area contributed by atoms with E-state index in [9.17, 15) is 22.0 Å². The van der Waals surface area contributed by atoms with Crippen molar-refractivity contribution in [1.82, 2.24) is 29.9 Å². The number of hydrogen-bond donors (Lipinski definition) is 0. The molecule has 1 saturated heterocycles. The highest BCUT2D eigenvalue weighted by molar-refractivity contribution is 6.31. The summed E-state index contributed by atoms with van der Waals surface area (Å²) >= 11 is 6.09. The first-order valence-electron chi connectivity index (χ1n) is 9.10. The van der Waals surface area contributed by atoms with Crippen LogP contribution in [-0.4, -0.2) is 61.2 Å². The average molecular weight is 464 g/mol. The summed E-state index contributed by atoms with van der Waals surface area (Å²) in [6, 6.07) is 2.63. The molecule has 31 heavy (non-hydrogen) atoms. The maximum atomic E-state index is 13.8. The first kappa shape index (κ1) is 21.4. The molecular weight excluding hydrogens is 449 g/mol. The second kappa shape index (κ2) is 7.70. The van der Waals surface area contributed by atoms with Crippen molar-refractivity contribution in [3.63, 3.8) is 0 Å². The molecule has 0 aliphatic carbocycles. The number of fused-ring (bicyclic) bond motifs is 1. The Labute approximate surface area is 177 Å². The first-order chi connectivity index (χ1) is 14.5. The van der Waals surface area contributed by atoms with Gasteiger partial charge in [0.2, 0.25) is 5.65 Å². The third-order valence-corrected chi connectivity index (χ3v) is 4.93. The van der Waals surface area contributed by atoms with Crippen LogP contribution in [0, 0.1) is 0 Å². The number of alkyl halides is 5. The van der Waals surface area contributed by atoms with Gasteiger partial charge in [0.25, 0.3) is 5.92 Å². The summed E-state index contributed by atoms with van der Waals surface area (Å²) in [5, 5.41) is 8.71. The Bertz CT molecular complexity index is 1110. The molecule has 3 aromatic heterocycles. The number of pyridine rings is 1. The van der Waals surface area contributed by atoms with Crippen molar-refractivity contribution in [3.05, 3.63) is 29.0 Å². The summed E-state index contributed by atoms with van der Waals surface area (Å²) < 4.78 is 71.0. The van der Waals surface area contributed by atoms with Crippen molar-refractivity contribution < 1.29 is 26.7 Å². The predicted octanol–water partition coefficient (Wildman–Crippen LogP) is 3.49. The van der Waals surface area contributed by atoms with Gasteiger partial charge in [0.05, 0.1) is 17.3 Å². The van der Waals surface area contributed by atoms with E-state index in [1.54, 1.807) is 12.1 Å². The van der Waals surface area contributed by atoms with Gasteiger partial charge in [0.1, 0.15) is 6.54 Å². The van der Waals surface area contributed by atoms with Gasteiger partial charge in [-0.2, -0.15) is 27.9 Å². The van der Waals surface area contributed by atoms with Crippen LogP contribution in [0.2, 0.25) is 5.02 Å². The molecule has 8 nitrogen and oxygen atoms in total. The van der Waals surface area contributed by atoms with Gasteiger partial charge < -0.3 is 9.64 Å². The Kier molecular flexibility index (Phi) is 5.31. The van der Waals surface area contributed by atoms with Gasteiger partial charge in [0, 0.05) is 19.2 Å². The fourth-order valence-electron chi connectivity index (χ4n) is 2.97. The number of aromatic nitrogens is 6. The number of hydrogen-bond acceptors (Lipinski definition) is 7. The molecule has 0 N–H and O–H groups in total. The summed E-state index contributed by atoms with van der Waals surface area (Å²) in [4.78, 5) is 14.3. The molecule has 0 saturated carbocycles. The maximum Gasteiger partial charge on any atom is 0.425 e. The summed E-state index contributed by atoms with van der Waals surface area (Å²) in [5.41, 5.74) is 0.391. The maximum absolute atomic E-state index is 13.8. The molecule has 0 bridgehead atoms. The average Bonchev–Trinajstić information content (AvgIpc) is 3.24. The lowest BCUT2D eigenvalue weighted by atomic mass is 10.3. The standard InChI is InChI=1S/C17H15ClF5N7O/c1-9(17(21,22)23)31-15-25-13-12(14(26-15)29-6-4-16(19,20)8-29)27-30(28-13)7-11-10(18)3-2-5-24-11/h2-3,5,9H,4,6-8H2,1H3/t9-/m0/s1. The van der Waals surface area contributed by atoms with Crippen molar-refractivity contribution in [3.8, 4) is 6.01 Å². The Morgan fingerprint density at radius 2 is 2.03 bits per heavy atom. The second-order valence-corrected chi connectivity index (χ2v) is 7.40. The quantitative estimate of drug-likeness (QED) is 0.536. The lowest BCUT2D eigenvalue weighted by Gasteiger charge is -2.19. The van der Waals surface area contributed by atoms with Crippen molar-refractivity contribution in [1.29, 1.82) is 0 Å². The molecule has 1 aliphatic rings. The van der Waals surface area contributed by atoms with Crippen LogP contribution in [0.15, 0.2) is 18.3 Å². The lowest BCUT2D eigenvalue weighted by Crippen LogP contribution is -2.32. The molecule has 4 rings (SSSR count). The topological polar surface area (TPSA) is 81.9 Å². The molecule has 1 atom stereocenters. The molecule has 4 heterocycles. The minimum Gasteiger partial charge on any atom is -0.451 e. The molecule has 3 aromatic rings. The molecule has 1 aliphatic heterocycles. The Morgan fingerprint density at radius 1 is 1.26 bits per heavy atom. The fraction of sp³-hybridized carbons (Fsp3) is 0.471. The van der Waals surface area contributed by atoms with E-state index in [-0.39, 0.29) is 30.1 Å². The van der Waals surface area contributed by atoms with Crippen molar-refractivity contribution >= 4 is 28.6 Å². The van der Waals surface area contributed by atoms with Gasteiger partial charge in [-0.1, -0.05) is 11.6 Å². The van der Waals surface area contributed by atoms with E-state index >= 15 is 0 Å². The normalized spacial score (nSPS) is 17.3. The number of nitrogens with zero attached hydrogens (tertiary/aromatic N) is 7. The highest BCUT2D eigenvalue weighted by Gasteiger charge is 2.41. The van der Waals surface area contributed by atoms with Crippen LogP contribution >= 0.6 is 11.6 Å². The minimum absolute atomic E-state index is 0.0285. The van der Waals surface area contributed by atoms with E-state index in [2.05, 4.69) is 25.1 Å². The molecule has 1 fully saturated rings. The van der Waals surface area contributed by atoms with E-state index in [4.69, 9.17) is 16.3 Å². The van der Waals surface area contributed by atoms with Crippen LogP contribution in [0.3, 0.4) is 0 Å². The third-order valence-electron chi connectivity index (χ3n) is 4.59. The van der Waals surface area contributed by atoms with Crippen molar-refractivity contribution in [2.24, 2.45) is 0 Å². The van der Waals surface area contributed by atoms with Crippen molar-refractivity contribution in [2.45, 2.75) is 38.1 Å². The van der Waals surface area contributed by atoms with Gasteiger partial charge in [0.15, 0.2) is 17.4 Å². The van der Waals surface area contributed by atoms with E-state index in [0.717, 1.165) is 6.92 Å². The van der Waals surface area contributed by atoms with Crippen LogP contribution in [0.1, 0.15) is 19.0 Å². The van der Waals surface area contributed by atoms with Gasteiger partial charge in [-0.05, 0) is 19.1 Å². The van der Waals surface area contributed by atoms with Gasteiger partial charge >= 0.3 is 12.2 Å². The molecule has 14 heteroatoms. The Morgan fingerprint density at radius 3 is 2.68 bits per heavy atom. The third kappa shape index (κ3) is 4.60. The molecule has 0 amide bonds. The summed E-state index contributed by atoms with van der Waals surface area (Å²) in [6.07, 6.45) is -5.77. The number of ether oxygens (including phenoxy) is 1. The van der Waals surface area contributed by atoms with Crippen LogP contribution in [0.5, 0.6) is 6.01 Å². The van der Waals surface area contributed by atoms with E-state index in [1.165, 1.54) is 15.9 Å². The number of halogens is 6. The Balaban J connectivity index is 1.74. The van der Waals surface area contributed by atoms with Crippen LogP contribution in [0.25, 0.3) is 11.2 Å². The van der Waals surface area contributed by atoms with E-state index in [0.29, 0.717) is 10.7 Å². The summed E-state index contributed by atoms with van der Waals surface area (Å²) in [7, 11) is 0. The SMILES string of the molecule is C[C@H](Oc1nc(N2CCC(F)(F)C2)c2nn(Cc3ncccc3Cl)nc2n1)C(F)(F)F. The zero-order chi connectivity index (χ0) is 22.4. The Hall–Kier alpha value is -2.83. The number of anilines is 1. The van der Waals surface area contributed by atoms with Crippen LogP contribution in [0.4, 0.5) is 27.8 Å². The number of rotatable bonds is 5. The largest absolute Gasteiger partial charge is 0.451 e. The zero-order valence-electron chi connectivity index (χ0n) is 15.9. The highest BCUT2D eigenvalue weighted by atomic mass is 35.5. The van der Waals surface area contributed by atoms with E-state index in [1.807, 2.05) is 0 Å². The minimum atomic E-state index is -4.66. The zero-order valence-corrected chi connectivity index (χ0v) is 16.7. The summed E-state index contributed by atoms with van der Waals surface area (Å²) in [6.45, 7) is 0.0938. The molecule has 0 spiro atoms. The summed E-state index contributed by atoms with van der Waals surface area (Å²) in [5.74, 6) is -3.04. The van der Waals surface area contributed by atoms with Crippen molar-refractivity contribution in [2.75, 3.05) is 18.0 Å². The van der Waals surface area contributed by atoms with Crippen LogP contribution < -0.4 is 9.64 Å². The lowest BCUT2D eigenvalue weighted by molar-refractivity contribution is -0.190. The molecule has 166 valence electrons. The molecular formula is C17H15ClF5N7O. The van der Waals surface area contributed by atoms with Gasteiger partial charge in [-0.3, -0.25) is 4.98 Å². The second-order valence-electron chi connectivity index (χ2n) is 6.99. The monoisotopic (exact) mass is 463 g/mol. The highest BCUT2D eigenvalue weighted by Crippen LogP contribution is 2.34. The fourth-order valence-corrected chi connectivity index (χ4v) is 3.15. The predicted molar refractivity (Wildman–Crippen MR) is 99.4 cm³/mol. The molecule has 0 unspecified atom stereocenters. The smallest absolute Gasteiger partial charge is 0.425 e.